The molecule has 0 aliphatic carbocycles. The van der Waals surface area contributed by atoms with Crippen molar-refractivity contribution in [3.8, 4) is 0 Å². The lowest BCUT2D eigenvalue weighted by Crippen LogP contribution is -2.49. The van der Waals surface area contributed by atoms with Crippen LogP contribution in [0.2, 0.25) is 0 Å². The molecule has 1 fully saturated rings. The quantitative estimate of drug-likeness (QED) is 0.433. The zero-order chi connectivity index (χ0) is 25.9. The highest BCUT2D eigenvalue weighted by atomic mass is 32.2. The molecule has 4 unspecified atom stereocenters. The molecule has 0 spiro atoms. The van der Waals surface area contributed by atoms with E-state index < -0.39 is 21.3 Å². The number of sulfone groups is 1. The van der Waals surface area contributed by atoms with Gasteiger partial charge in [0, 0.05) is 19.5 Å². The third kappa shape index (κ3) is 5.22. The molecule has 7 heteroatoms. The molecule has 1 amide bonds. The third-order valence-corrected chi connectivity index (χ3v) is 9.98. The van der Waals surface area contributed by atoms with Gasteiger partial charge in [-0.1, -0.05) is 75.6 Å². The van der Waals surface area contributed by atoms with Crippen LogP contribution in [0.25, 0.3) is 0 Å². The van der Waals surface area contributed by atoms with E-state index in [-0.39, 0.29) is 22.1 Å². The monoisotopic (exact) mass is 510 g/mol. The van der Waals surface area contributed by atoms with Gasteiger partial charge < -0.3 is 9.64 Å². The Labute approximate surface area is 215 Å². The number of carbonyl (C=O) groups excluding carboxylic acids is 1. The summed E-state index contributed by atoms with van der Waals surface area (Å²) in [7, 11) is -3.71. The fraction of sp³-hybridized carbons (Fsp3) is 0.517. The first-order valence-electron chi connectivity index (χ1n) is 13.0. The zero-order valence-electron chi connectivity index (χ0n) is 21.8. The number of hydrogen-bond acceptors (Lipinski definition) is 5. The van der Waals surface area contributed by atoms with Gasteiger partial charge in [0.1, 0.15) is 0 Å². The van der Waals surface area contributed by atoms with Gasteiger partial charge in [0.25, 0.3) is 0 Å². The maximum absolute atomic E-state index is 13.4. The lowest BCUT2D eigenvalue weighted by atomic mass is 9.67. The van der Waals surface area contributed by atoms with Crippen LogP contribution >= 0.6 is 0 Å². The highest BCUT2D eigenvalue weighted by Crippen LogP contribution is 2.42. The number of rotatable bonds is 8. The normalized spacial score (nSPS) is 26.1. The largest absolute Gasteiger partial charge is 0.472 e. The van der Waals surface area contributed by atoms with Gasteiger partial charge in [-0.3, -0.25) is 4.79 Å². The van der Waals surface area contributed by atoms with Crippen LogP contribution in [0, 0.1) is 12.8 Å². The van der Waals surface area contributed by atoms with Crippen molar-refractivity contribution in [1.82, 2.24) is 4.90 Å². The SMILES string of the molecule is CCCCCC(=O)N1CCC(C)(c2cccc(C3OC=NC3S(=O)(=O)c3ccc(C)cc3)c2)C(C)C1. The van der Waals surface area contributed by atoms with Gasteiger partial charge in [0.05, 0.1) is 4.90 Å². The number of ether oxygens (including phenoxy) is 1. The molecular weight excluding hydrogens is 472 g/mol. The van der Waals surface area contributed by atoms with E-state index in [0.717, 1.165) is 55.5 Å². The standard InChI is InChI=1S/C29H38N2O4S/c1-5-6-7-11-26(32)31-17-16-29(4,22(3)19-31)24-10-8-9-23(18-24)27-28(30-20-35-27)36(33,34)25-14-12-21(2)13-15-25/h8-10,12-15,18,20,22,27-28H,5-7,11,16-17,19H2,1-4H3. The number of piperidine rings is 1. The van der Waals surface area contributed by atoms with Gasteiger partial charge in [-0.25, -0.2) is 13.4 Å². The summed E-state index contributed by atoms with van der Waals surface area (Å²) < 4.78 is 32.5. The van der Waals surface area contributed by atoms with Crippen LogP contribution in [0.3, 0.4) is 0 Å². The van der Waals surface area contributed by atoms with Crippen LogP contribution < -0.4 is 0 Å². The molecular formula is C29H38N2O4S. The van der Waals surface area contributed by atoms with Gasteiger partial charge in [-0.2, -0.15) is 0 Å². The fourth-order valence-electron chi connectivity index (χ4n) is 5.31. The summed E-state index contributed by atoms with van der Waals surface area (Å²) in [6.07, 6.45) is 5.22. The maximum Gasteiger partial charge on any atom is 0.222 e. The molecule has 1 saturated heterocycles. The van der Waals surface area contributed by atoms with Crippen LogP contribution in [0.1, 0.15) is 75.7 Å². The Morgan fingerprint density at radius 2 is 1.92 bits per heavy atom. The second-order valence-electron chi connectivity index (χ2n) is 10.6. The molecule has 0 N–H and O–H groups in total. The fourth-order valence-corrected chi connectivity index (χ4v) is 6.86. The number of benzene rings is 2. The molecule has 2 heterocycles. The Morgan fingerprint density at radius 1 is 1.17 bits per heavy atom. The predicted octanol–water partition coefficient (Wildman–Crippen LogP) is 5.60. The van der Waals surface area contributed by atoms with Crippen molar-refractivity contribution in [3.63, 3.8) is 0 Å². The van der Waals surface area contributed by atoms with E-state index in [9.17, 15) is 13.2 Å². The van der Waals surface area contributed by atoms with E-state index in [1.54, 1.807) is 24.3 Å². The first-order chi connectivity index (χ1) is 17.2. The minimum atomic E-state index is -3.71. The van der Waals surface area contributed by atoms with Crippen LogP contribution in [0.5, 0.6) is 0 Å². The van der Waals surface area contributed by atoms with Crippen molar-refractivity contribution >= 4 is 22.1 Å². The van der Waals surface area contributed by atoms with Gasteiger partial charge in [0.2, 0.25) is 15.7 Å². The molecule has 0 saturated carbocycles. The number of hydrogen-bond donors (Lipinski definition) is 0. The molecule has 0 aromatic heterocycles. The summed E-state index contributed by atoms with van der Waals surface area (Å²) in [5.41, 5.74) is 2.83. The maximum atomic E-state index is 13.4. The number of carbonyl (C=O) groups is 1. The molecule has 2 aliphatic rings. The first-order valence-corrected chi connectivity index (χ1v) is 14.6. The van der Waals surface area contributed by atoms with Crippen LogP contribution in [-0.2, 0) is 24.8 Å². The van der Waals surface area contributed by atoms with E-state index in [4.69, 9.17) is 4.74 Å². The van der Waals surface area contributed by atoms with Crippen molar-refractivity contribution in [2.24, 2.45) is 10.9 Å². The van der Waals surface area contributed by atoms with Crippen LogP contribution in [-0.4, -0.2) is 44.1 Å². The van der Waals surface area contributed by atoms with Crippen molar-refractivity contribution in [3.05, 3.63) is 65.2 Å². The minimum absolute atomic E-state index is 0.124. The second kappa shape index (κ2) is 10.8. The average Bonchev–Trinajstić information content (AvgIpc) is 3.37. The molecule has 36 heavy (non-hydrogen) atoms. The third-order valence-electron chi connectivity index (χ3n) is 8.05. The lowest BCUT2D eigenvalue weighted by molar-refractivity contribution is -0.134. The van der Waals surface area contributed by atoms with Crippen molar-refractivity contribution in [2.75, 3.05) is 13.1 Å². The topological polar surface area (TPSA) is 76.0 Å². The first kappa shape index (κ1) is 26.4. The predicted molar refractivity (Wildman–Crippen MR) is 143 cm³/mol. The molecule has 4 atom stereocenters. The van der Waals surface area contributed by atoms with E-state index in [1.807, 2.05) is 24.0 Å². The number of aryl methyl sites for hydroxylation is 1. The number of nitrogens with zero attached hydrogens (tertiary/aromatic N) is 2. The molecule has 2 aromatic rings. The Bertz CT molecular complexity index is 1210. The van der Waals surface area contributed by atoms with E-state index in [1.165, 1.54) is 6.40 Å². The molecule has 4 rings (SSSR count). The molecule has 0 radical (unpaired) electrons. The van der Waals surface area contributed by atoms with Crippen molar-refractivity contribution in [2.45, 2.75) is 81.6 Å². The Kier molecular flexibility index (Phi) is 7.88. The van der Waals surface area contributed by atoms with Gasteiger partial charge >= 0.3 is 0 Å². The van der Waals surface area contributed by atoms with Crippen molar-refractivity contribution in [1.29, 1.82) is 0 Å². The summed E-state index contributed by atoms with van der Waals surface area (Å²) in [4.78, 5) is 19.2. The summed E-state index contributed by atoms with van der Waals surface area (Å²) in [5, 5.41) is -1.02. The highest BCUT2D eigenvalue weighted by molar-refractivity contribution is 7.92. The number of aliphatic imine (C=N–C) groups is 1. The summed E-state index contributed by atoms with van der Waals surface area (Å²) in [6.45, 7) is 10.0. The van der Waals surface area contributed by atoms with E-state index in [2.05, 4.69) is 37.9 Å². The summed E-state index contributed by atoms with van der Waals surface area (Å²) >= 11 is 0. The Balaban J connectivity index is 1.53. The van der Waals surface area contributed by atoms with E-state index in [0.29, 0.717) is 6.42 Å². The average molecular weight is 511 g/mol. The second-order valence-corrected chi connectivity index (χ2v) is 12.6. The number of unbranched alkanes of at least 4 members (excludes halogenated alkanes) is 2. The number of amides is 1. The smallest absolute Gasteiger partial charge is 0.222 e. The van der Waals surface area contributed by atoms with Gasteiger partial charge in [-0.05, 0) is 54.4 Å². The van der Waals surface area contributed by atoms with Crippen molar-refractivity contribution < 1.29 is 17.9 Å². The Morgan fingerprint density at radius 3 is 2.61 bits per heavy atom. The molecule has 194 valence electrons. The Hall–Kier alpha value is -2.67. The number of likely N-dealkylation sites (tertiary alicyclic amines) is 1. The lowest BCUT2D eigenvalue weighted by Gasteiger charge is -2.45. The van der Waals surface area contributed by atoms with Gasteiger partial charge in [-0.15, -0.1) is 0 Å². The molecule has 0 bridgehead atoms. The van der Waals surface area contributed by atoms with E-state index >= 15 is 0 Å². The summed E-state index contributed by atoms with van der Waals surface area (Å²) in [5.74, 6) is 0.524. The zero-order valence-corrected chi connectivity index (χ0v) is 22.6. The molecule has 2 aromatic carbocycles. The minimum Gasteiger partial charge on any atom is -0.472 e. The molecule has 6 nitrogen and oxygen atoms in total. The van der Waals surface area contributed by atoms with Gasteiger partial charge in [0.15, 0.2) is 17.9 Å². The van der Waals surface area contributed by atoms with Crippen LogP contribution in [0.4, 0.5) is 0 Å². The molecule has 2 aliphatic heterocycles. The highest BCUT2D eigenvalue weighted by Gasteiger charge is 2.42. The summed E-state index contributed by atoms with van der Waals surface area (Å²) in [6, 6.07) is 14.9. The van der Waals surface area contributed by atoms with Crippen LogP contribution in [0.15, 0.2) is 58.4 Å².